The standard InChI is InChI=1S/C20H29IO3/c1-13-7-5-8-14(2)11-17-16(15(3)19(22)24-17)12-18(21)20(4,23)10-6-9-13/h8-9,16-18,23H,3,5-7,10-12H2,1-2,4H3/b13-9-,14-8-. The van der Waals surface area contributed by atoms with Crippen LogP contribution in [0.1, 0.15) is 59.3 Å². The second kappa shape index (κ2) is 8.17. The minimum absolute atomic E-state index is 0.00514. The van der Waals surface area contributed by atoms with Gasteiger partial charge in [-0.05, 0) is 52.9 Å². The van der Waals surface area contributed by atoms with Crippen molar-refractivity contribution in [2.45, 2.75) is 74.9 Å². The smallest absolute Gasteiger partial charge is 0.334 e. The molecule has 1 heterocycles. The van der Waals surface area contributed by atoms with Crippen LogP contribution in [0.2, 0.25) is 0 Å². The normalized spacial score (nSPS) is 40.6. The molecule has 24 heavy (non-hydrogen) atoms. The van der Waals surface area contributed by atoms with Gasteiger partial charge >= 0.3 is 5.97 Å². The van der Waals surface area contributed by atoms with Crippen molar-refractivity contribution in [1.29, 1.82) is 0 Å². The average molecular weight is 444 g/mol. The van der Waals surface area contributed by atoms with Crippen LogP contribution in [-0.2, 0) is 9.53 Å². The Labute approximate surface area is 159 Å². The Morgan fingerprint density at radius 1 is 1.29 bits per heavy atom. The van der Waals surface area contributed by atoms with Crippen molar-refractivity contribution in [3.05, 3.63) is 35.5 Å². The summed E-state index contributed by atoms with van der Waals surface area (Å²) >= 11 is 2.32. The first-order chi connectivity index (χ1) is 11.2. The molecule has 0 radical (unpaired) electrons. The summed E-state index contributed by atoms with van der Waals surface area (Å²) in [5.74, 6) is -0.280. The summed E-state index contributed by atoms with van der Waals surface area (Å²) in [6.07, 6.45) is 9.48. The Bertz CT molecular complexity index is 559. The molecule has 1 saturated heterocycles. The molecule has 1 aliphatic carbocycles. The molecule has 134 valence electrons. The number of hydrogen-bond donors (Lipinski definition) is 1. The number of carbonyl (C=O) groups excluding carboxylic acids is 1. The molecule has 0 saturated carbocycles. The van der Waals surface area contributed by atoms with Gasteiger partial charge in [0.15, 0.2) is 0 Å². The van der Waals surface area contributed by atoms with Crippen molar-refractivity contribution in [3.63, 3.8) is 0 Å². The van der Waals surface area contributed by atoms with Crippen LogP contribution >= 0.6 is 22.6 Å². The maximum Gasteiger partial charge on any atom is 0.334 e. The third-order valence-corrected chi connectivity index (χ3v) is 7.10. The number of esters is 1. The summed E-state index contributed by atoms with van der Waals surface area (Å²) in [7, 11) is 0. The highest BCUT2D eigenvalue weighted by atomic mass is 127. The molecule has 1 N–H and O–H groups in total. The molecule has 1 aliphatic heterocycles. The number of ether oxygens (including phenoxy) is 1. The zero-order valence-corrected chi connectivity index (χ0v) is 17.1. The Balaban J connectivity index is 2.24. The maximum atomic E-state index is 12.0. The fraction of sp³-hybridized carbons (Fsp3) is 0.650. The molecule has 0 amide bonds. The minimum atomic E-state index is -0.761. The number of carbonyl (C=O) groups is 1. The predicted molar refractivity (Wildman–Crippen MR) is 106 cm³/mol. The first-order valence-electron chi connectivity index (χ1n) is 8.78. The van der Waals surface area contributed by atoms with Gasteiger partial charge in [0, 0.05) is 21.8 Å². The zero-order chi connectivity index (χ0) is 17.9. The molecule has 1 fully saturated rings. The lowest BCUT2D eigenvalue weighted by Crippen LogP contribution is -2.37. The largest absolute Gasteiger partial charge is 0.458 e. The molecular weight excluding hydrogens is 415 g/mol. The summed E-state index contributed by atoms with van der Waals surface area (Å²) in [4.78, 5) is 12.0. The van der Waals surface area contributed by atoms with Crippen molar-refractivity contribution < 1.29 is 14.6 Å². The molecule has 0 bridgehead atoms. The number of alkyl halides is 1. The van der Waals surface area contributed by atoms with Crippen molar-refractivity contribution >= 4 is 28.6 Å². The highest BCUT2D eigenvalue weighted by Gasteiger charge is 2.42. The molecule has 3 nitrogen and oxygen atoms in total. The van der Waals surface area contributed by atoms with Gasteiger partial charge in [0.1, 0.15) is 6.10 Å². The molecule has 4 atom stereocenters. The molecule has 0 aromatic heterocycles. The molecule has 4 unspecified atom stereocenters. The van der Waals surface area contributed by atoms with Crippen LogP contribution in [0.3, 0.4) is 0 Å². The monoisotopic (exact) mass is 444 g/mol. The molecule has 2 aliphatic rings. The van der Waals surface area contributed by atoms with Gasteiger partial charge in [-0.15, -0.1) is 0 Å². The quantitative estimate of drug-likeness (QED) is 0.190. The van der Waals surface area contributed by atoms with Crippen LogP contribution in [0.25, 0.3) is 0 Å². The van der Waals surface area contributed by atoms with E-state index in [1.54, 1.807) is 0 Å². The number of aliphatic hydroxyl groups is 1. The first kappa shape index (κ1) is 19.7. The fourth-order valence-electron chi connectivity index (χ4n) is 3.44. The lowest BCUT2D eigenvalue weighted by Gasteiger charge is -2.31. The van der Waals surface area contributed by atoms with E-state index >= 15 is 0 Å². The molecular formula is C20H29IO3. The van der Waals surface area contributed by atoms with E-state index in [-0.39, 0.29) is 21.9 Å². The van der Waals surface area contributed by atoms with Gasteiger partial charge in [-0.25, -0.2) is 4.79 Å². The Kier molecular flexibility index (Phi) is 6.71. The topological polar surface area (TPSA) is 46.5 Å². The zero-order valence-electron chi connectivity index (χ0n) is 15.0. The van der Waals surface area contributed by atoms with Crippen molar-refractivity contribution in [1.82, 2.24) is 0 Å². The van der Waals surface area contributed by atoms with Crippen LogP contribution in [0.15, 0.2) is 35.5 Å². The number of allylic oxidation sites excluding steroid dienone is 3. The van der Waals surface area contributed by atoms with Gasteiger partial charge in [0.25, 0.3) is 0 Å². The minimum Gasteiger partial charge on any atom is -0.458 e. The third-order valence-electron chi connectivity index (χ3n) is 5.25. The fourth-order valence-corrected chi connectivity index (χ4v) is 4.30. The summed E-state index contributed by atoms with van der Waals surface area (Å²) in [6.45, 7) is 10.1. The van der Waals surface area contributed by atoms with E-state index in [1.165, 1.54) is 11.1 Å². The van der Waals surface area contributed by atoms with Gasteiger partial charge in [-0.3, -0.25) is 0 Å². The molecule has 0 spiro atoms. The predicted octanol–water partition coefficient (Wildman–Crippen LogP) is 4.89. The summed E-state index contributed by atoms with van der Waals surface area (Å²) in [6, 6.07) is 0. The number of halogens is 1. The highest BCUT2D eigenvalue weighted by Crippen LogP contribution is 2.39. The van der Waals surface area contributed by atoms with E-state index in [1.807, 2.05) is 6.92 Å². The summed E-state index contributed by atoms with van der Waals surface area (Å²) < 4.78 is 5.62. The van der Waals surface area contributed by atoms with Gasteiger partial charge in [-0.1, -0.05) is 52.5 Å². The number of fused-ring (bicyclic) bond motifs is 1. The van der Waals surface area contributed by atoms with E-state index in [2.05, 4.69) is 55.2 Å². The van der Waals surface area contributed by atoms with E-state index in [4.69, 9.17) is 4.74 Å². The SMILES string of the molecule is C=C1C(=O)OC2C/C(C)=C\CC/C(C)=C\CCC(C)(O)C(I)CC12. The van der Waals surface area contributed by atoms with E-state index in [9.17, 15) is 9.90 Å². The molecule has 0 aromatic carbocycles. The second-order valence-electron chi connectivity index (χ2n) is 7.52. The lowest BCUT2D eigenvalue weighted by molar-refractivity contribution is -0.139. The third kappa shape index (κ3) is 4.94. The van der Waals surface area contributed by atoms with Crippen molar-refractivity contribution in [2.75, 3.05) is 0 Å². The number of rotatable bonds is 0. The maximum absolute atomic E-state index is 12.0. The van der Waals surface area contributed by atoms with E-state index in [0.29, 0.717) is 5.57 Å². The molecule has 0 aromatic rings. The first-order valence-corrected chi connectivity index (χ1v) is 10.0. The average Bonchev–Trinajstić information content (AvgIpc) is 2.73. The van der Waals surface area contributed by atoms with E-state index in [0.717, 1.165) is 38.5 Å². The Morgan fingerprint density at radius 2 is 1.96 bits per heavy atom. The van der Waals surface area contributed by atoms with Crippen molar-refractivity contribution in [3.8, 4) is 0 Å². The van der Waals surface area contributed by atoms with E-state index < -0.39 is 5.60 Å². The van der Waals surface area contributed by atoms with Gasteiger partial charge < -0.3 is 9.84 Å². The van der Waals surface area contributed by atoms with Crippen LogP contribution in [0.5, 0.6) is 0 Å². The van der Waals surface area contributed by atoms with Crippen LogP contribution in [0.4, 0.5) is 0 Å². The second-order valence-corrected chi connectivity index (χ2v) is 9.02. The number of hydrogen-bond acceptors (Lipinski definition) is 3. The van der Waals surface area contributed by atoms with Crippen LogP contribution in [0, 0.1) is 5.92 Å². The summed E-state index contributed by atoms with van der Waals surface area (Å²) in [5, 5.41) is 10.9. The highest BCUT2D eigenvalue weighted by molar-refractivity contribution is 14.1. The van der Waals surface area contributed by atoms with Crippen LogP contribution < -0.4 is 0 Å². The Hall–Kier alpha value is -0.620. The van der Waals surface area contributed by atoms with Gasteiger partial charge in [0.2, 0.25) is 0 Å². The van der Waals surface area contributed by atoms with Gasteiger partial charge in [0.05, 0.1) is 5.60 Å². The lowest BCUT2D eigenvalue weighted by atomic mass is 9.83. The summed E-state index contributed by atoms with van der Waals surface area (Å²) in [5.41, 5.74) is 2.43. The molecule has 2 rings (SSSR count). The van der Waals surface area contributed by atoms with Crippen LogP contribution in [-0.4, -0.2) is 26.7 Å². The molecule has 4 heteroatoms. The van der Waals surface area contributed by atoms with Crippen molar-refractivity contribution in [2.24, 2.45) is 5.92 Å². The Morgan fingerprint density at radius 3 is 2.67 bits per heavy atom. The van der Waals surface area contributed by atoms with Gasteiger partial charge in [-0.2, -0.15) is 0 Å².